The number of anilines is 2. The molecule has 1 saturated carbocycles. The van der Waals surface area contributed by atoms with Gasteiger partial charge in [0, 0.05) is 30.5 Å². The number of hydrogen-bond acceptors (Lipinski definition) is 2. The Morgan fingerprint density at radius 1 is 0.950 bits per heavy atom. The Morgan fingerprint density at radius 2 is 1.65 bits per heavy atom. The lowest BCUT2D eigenvalue weighted by Crippen LogP contribution is -2.30. The molecule has 3 rings (SSSR count). The molecule has 1 aromatic rings. The summed E-state index contributed by atoms with van der Waals surface area (Å²) < 4.78 is 0. The number of nitrogens with one attached hydrogen (secondary N) is 1. The van der Waals surface area contributed by atoms with E-state index in [9.17, 15) is 0 Å². The predicted molar refractivity (Wildman–Crippen MR) is 87.5 cm³/mol. The molecule has 3 atom stereocenters. The van der Waals surface area contributed by atoms with Crippen molar-refractivity contribution in [2.75, 3.05) is 23.3 Å². The molecule has 1 aliphatic heterocycles. The van der Waals surface area contributed by atoms with E-state index in [0.29, 0.717) is 6.04 Å². The number of rotatable bonds is 3. The van der Waals surface area contributed by atoms with E-state index in [0.717, 1.165) is 11.8 Å². The highest BCUT2D eigenvalue weighted by Gasteiger charge is 2.24. The third-order valence-corrected chi connectivity index (χ3v) is 5.31. The summed E-state index contributed by atoms with van der Waals surface area (Å²) in [5.74, 6) is 1.75. The monoisotopic (exact) mass is 272 g/mol. The average Bonchev–Trinajstić information content (AvgIpc) is 2.98. The lowest BCUT2D eigenvalue weighted by molar-refractivity contribution is 0.261. The first-order valence-electron chi connectivity index (χ1n) is 8.34. The van der Waals surface area contributed by atoms with Crippen molar-refractivity contribution in [1.29, 1.82) is 0 Å². The Morgan fingerprint density at radius 3 is 2.30 bits per heavy atom. The van der Waals surface area contributed by atoms with Gasteiger partial charge >= 0.3 is 0 Å². The minimum Gasteiger partial charge on any atom is -0.382 e. The van der Waals surface area contributed by atoms with Crippen LogP contribution in [-0.4, -0.2) is 19.1 Å². The lowest BCUT2D eigenvalue weighted by atomic mass is 9.79. The Bertz CT molecular complexity index is 420. The van der Waals surface area contributed by atoms with Gasteiger partial charge in [-0.15, -0.1) is 0 Å². The summed E-state index contributed by atoms with van der Waals surface area (Å²) >= 11 is 0. The molecule has 110 valence electrons. The van der Waals surface area contributed by atoms with Crippen molar-refractivity contribution in [1.82, 2.24) is 0 Å². The molecule has 2 heteroatoms. The topological polar surface area (TPSA) is 15.3 Å². The Balaban J connectivity index is 1.58. The van der Waals surface area contributed by atoms with E-state index in [4.69, 9.17) is 0 Å². The first-order valence-corrected chi connectivity index (χ1v) is 8.34. The van der Waals surface area contributed by atoms with Crippen LogP contribution >= 0.6 is 0 Å². The largest absolute Gasteiger partial charge is 0.382 e. The number of hydrogen-bond donors (Lipinski definition) is 1. The van der Waals surface area contributed by atoms with Crippen molar-refractivity contribution in [2.45, 2.75) is 52.0 Å². The van der Waals surface area contributed by atoms with Crippen molar-refractivity contribution in [3.8, 4) is 0 Å². The third kappa shape index (κ3) is 3.11. The molecule has 0 aromatic heterocycles. The first kappa shape index (κ1) is 13.8. The van der Waals surface area contributed by atoms with E-state index in [1.165, 1.54) is 56.6 Å². The molecule has 2 fully saturated rings. The number of nitrogens with zero attached hydrogens (tertiary/aromatic N) is 1. The average molecular weight is 272 g/mol. The Kier molecular flexibility index (Phi) is 4.18. The van der Waals surface area contributed by atoms with E-state index in [-0.39, 0.29) is 0 Å². The van der Waals surface area contributed by atoms with Gasteiger partial charge in [-0.2, -0.15) is 0 Å². The molecular formula is C18H28N2. The fourth-order valence-electron chi connectivity index (χ4n) is 3.66. The molecule has 0 spiro atoms. The van der Waals surface area contributed by atoms with E-state index in [1.807, 2.05) is 0 Å². The molecule has 1 saturated heterocycles. The van der Waals surface area contributed by atoms with E-state index in [2.05, 4.69) is 48.3 Å². The minimum atomic E-state index is 0.666. The quantitative estimate of drug-likeness (QED) is 0.870. The van der Waals surface area contributed by atoms with Gasteiger partial charge in [0.25, 0.3) is 0 Å². The smallest absolute Gasteiger partial charge is 0.0367 e. The molecule has 20 heavy (non-hydrogen) atoms. The highest BCUT2D eigenvalue weighted by molar-refractivity contribution is 5.55. The SMILES string of the molecule is CC1CCC(Nc2ccc(N3CCCC3)cc2)CC1C. The normalized spacial score (nSPS) is 30.5. The van der Waals surface area contributed by atoms with Crippen molar-refractivity contribution in [2.24, 2.45) is 11.8 Å². The number of benzene rings is 1. The molecule has 1 aromatic carbocycles. The van der Waals surface area contributed by atoms with Gasteiger partial charge in [0.1, 0.15) is 0 Å². The summed E-state index contributed by atoms with van der Waals surface area (Å²) in [5, 5.41) is 3.73. The molecular weight excluding hydrogens is 244 g/mol. The Labute approximate surface area is 123 Å². The molecule has 1 N–H and O–H groups in total. The zero-order chi connectivity index (χ0) is 13.9. The van der Waals surface area contributed by atoms with Crippen LogP contribution in [-0.2, 0) is 0 Å². The van der Waals surface area contributed by atoms with Crippen molar-refractivity contribution in [3.05, 3.63) is 24.3 Å². The Hall–Kier alpha value is -1.18. The molecule has 0 amide bonds. The maximum absolute atomic E-state index is 3.73. The van der Waals surface area contributed by atoms with Crippen LogP contribution in [0.5, 0.6) is 0 Å². The zero-order valence-electron chi connectivity index (χ0n) is 12.9. The van der Waals surface area contributed by atoms with Crippen LogP contribution in [0, 0.1) is 11.8 Å². The van der Waals surface area contributed by atoms with Crippen LogP contribution in [0.15, 0.2) is 24.3 Å². The minimum absolute atomic E-state index is 0.666. The lowest BCUT2D eigenvalue weighted by Gasteiger charge is -2.33. The molecule has 0 bridgehead atoms. The van der Waals surface area contributed by atoms with Crippen LogP contribution in [0.2, 0.25) is 0 Å². The van der Waals surface area contributed by atoms with Gasteiger partial charge in [0.2, 0.25) is 0 Å². The van der Waals surface area contributed by atoms with Crippen molar-refractivity contribution < 1.29 is 0 Å². The van der Waals surface area contributed by atoms with Crippen molar-refractivity contribution >= 4 is 11.4 Å². The second-order valence-corrected chi connectivity index (χ2v) is 6.85. The zero-order valence-corrected chi connectivity index (χ0v) is 12.9. The van der Waals surface area contributed by atoms with Gasteiger partial charge in [-0.05, 0) is 68.2 Å². The van der Waals surface area contributed by atoms with Crippen molar-refractivity contribution in [3.63, 3.8) is 0 Å². The summed E-state index contributed by atoms with van der Waals surface area (Å²) in [6.45, 7) is 7.25. The fourth-order valence-corrected chi connectivity index (χ4v) is 3.66. The van der Waals surface area contributed by atoms with Gasteiger partial charge in [0.15, 0.2) is 0 Å². The standard InChI is InChI=1S/C18H28N2/c1-14-5-6-17(13-15(14)2)19-16-7-9-18(10-8-16)20-11-3-4-12-20/h7-10,14-15,17,19H,3-6,11-13H2,1-2H3. The maximum atomic E-state index is 3.73. The maximum Gasteiger partial charge on any atom is 0.0367 e. The highest BCUT2D eigenvalue weighted by atomic mass is 15.1. The molecule has 1 aliphatic carbocycles. The summed E-state index contributed by atoms with van der Waals surface area (Å²) in [6.07, 6.45) is 6.69. The molecule has 2 aliphatic rings. The third-order valence-electron chi connectivity index (χ3n) is 5.31. The summed E-state index contributed by atoms with van der Waals surface area (Å²) in [5.41, 5.74) is 2.68. The van der Waals surface area contributed by atoms with Crippen LogP contribution < -0.4 is 10.2 Å². The van der Waals surface area contributed by atoms with Gasteiger partial charge < -0.3 is 10.2 Å². The van der Waals surface area contributed by atoms with Crippen LogP contribution in [0.25, 0.3) is 0 Å². The highest BCUT2D eigenvalue weighted by Crippen LogP contribution is 2.31. The second-order valence-electron chi connectivity index (χ2n) is 6.85. The van der Waals surface area contributed by atoms with E-state index in [1.54, 1.807) is 0 Å². The van der Waals surface area contributed by atoms with Crippen LogP contribution in [0.4, 0.5) is 11.4 Å². The predicted octanol–water partition coefficient (Wildman–Crippen LogP) is 4.52. The first-order chi connectivity index (χ1) is 9.72. The summed E-state index contributed by atoms with van der Waals surface area (Å²) in [6, 6.07) is 9.75. The fraction of sp³-hybridized carbons (Fsp3) is 0.667. The van der Waals surface area contributed by atoms with Gasteiger partial charge in [-0.3, -0.25) is 0 Å². The molecule has 1 heterocycles. The second kappa shape index (κ2) is 6.07. The van der Waals surface area contributed by atoms with Gasteiger partial charge in [-0.25, -0.2) is 0 Å². The molecule has 0 radical (unpaired) electrons. The molecule has 3 unspecified atom stereocenters. The van der Waals surface area contributed by atoms with Gasteiger partial charge in [-0.1, -0.05) is 13.8 Å². The van der Waals surface area contributed by atoms with E-state index < -0.39 is 0 Å². The molecule has 2 nitrogen and oxygen atoms in total. The van der Waals surface area contributed by atoms with E-state index >= 15 is 0 Å². The van der Waals surface area contributed by atoms with Gasteiger partial charge in [0.05, 0.1) is 0 Å². The summed E-state index contributed by atoms with van der Waals surface area (Å²) in [4.78, 5) is 2.49. The summed E-state index contributed by atoms with van der Waals surface area (Å²) in [7, 11) is 0. The van der Waals surface area contributed by atoms with Crippen LogP contribution in [0.3, 0.4) is 0 Å². The van der Waals surface area contributed by atoms with Crippen LogP contribution in [0.1, 0.15) is 46.0 Å².